The van der Waals surface area contributed by atoms with E-state index in [2.05, 4.69) is 51.0 Å². The average molecular weight is 642 g/mol. The van der Waals surface area contributed by atoms with Gasteiger partial charge in [-0.15, -0.1) is 4.15 Å². The van der Waals surface area contributed by atoms with Gasteiger partial charge in [-0.05, 0) is 66.2 Å². The van der Waals surface area contributed by atoms with E-state index in [4.69, 9.17) is 16.1 Å². The number of anilines is 1. The zero-order chi connectivity index (χ0) is 27.8. The van der Waals surface area contributed by atoms with Crippen molar-refractivity contribution < 1.29 is 12.9 Å². The van der Waals surface area contributed by atoms with Crippen molar-refractivity contribution in [3.63, 3.8) is 0 Å². The summed E-state index contributed by atoms with van der Waals surface area (Å²) in [7, 11) is -5.57. The summed E-state index contributed by atoms with van der Waals surface area (Å²) in [6.07, 6.45) is 0. The predicted octanol–water partition coefficient (Wildman–Crippen LogP) is 8.58. The molecule has 0 aromatic heterocycles. The molecule has 0 radical (unpaired) electrons. The van der Waals surface area contributed by atoms with E-state index in [-0.39, 0.29) is 4.90 Å². The van der Waals surface area contributed by atoms with Crippen LogP contribution in [0.25, 0.3) is 0 Å². The molecule has 200 valence electrons. The summed E-state index contributed by atoms with van der Waals surface area (Å²) in [5.74, 6) is 2.45. The molecule has 1 aliphatic rings. The van der Waals surface area contributed by atoms with Gasteiger partial charge in [0.2, 0.25) is 7.28 Å². The van der Waals surface area contributed by atoms with Crippen molar-refractivity contribution in [2.45, 2.75) is 24.2 Å². The minimum atomic E-state index is -4.16. The Hall–Kier alpha value is -2.83. The van der Waals surface area contributed by atoms with E-state index in [0.29, 0.717) is 16.1 Å². The molecule has 4 aromatic rings. The van der Waals surface area contributed by atoms with Gasteiger partial charge in [-0.3, -0.25) is 0 Å². The van der Waals surface area contributed by atoms with Crippen molar-refractivity contribution in [3.05, 3.63) is 130 Å². The number of para-hydroxylation sites is 1. The molecule has 0 bridgehead atoms. The second-order valence-electron chi connectivity index (χ2n) is 9.73. The second-order valence-corrected chi connectivity index (χ2v) is 15.4. The van der Waals surface area contributed by atoms with Crippen molar-refractivity contribution in [1.29, 1.82) is 0 Å². The smallest absolute Gasteiger partial charge is 0.284 e. The van der Waals surface area contributed by atoms with Crippen molar-refractivity contribution in [2.75, 3.05) is 11.9 Å². The van der Waals surface area contributed by atoms with Crippen LogP contribution in [0.1, 0.15) is 19.4 Å². The highest BCUT2D eigenvalue weighted by Gasteiger charge is 2.41. The van der Waals surface area contributed by atoms with Gasteiger partial charge in [-0.2, -0.15) is 8.42 Å². The largest absolute Gasteiger partial charge is 0.451 e. The number of likely N-dealkylation sites (N-methyl/N-ethyl adjacent to an activating group) is 1. The maximum Gasteiger partial charge on any atom is 0.284 e. The SMILES string of the molecule is CN1/C(=C/[P@](=NS(=O)(=O)c2ccc(Cl)cc2)(Oc2cccc(Br)c2)c2ccccc2)C(C)(C)c2ccccc21. The van der Waals surface area contributed by atoms with Crippen LogP contribution in [0.5, 0.6) is 5.75 Å². The molecule has 0 saturated heterocycles. The fourth-order valence-electron chi connectivity index (χ4n) is 4.78. The number of sulfonamides is 1. The third kappa shape index (κ3) is 5.46. The quantitative estimate of drug-likeness (QED) is 0.198. The van der Waals surface area contributed by atoms with Crippen molar-refractivity contribution in [2.24, 2.45) is 4.15 Å². The highest BCUT2D eigenvalue weighted by molar-refractivity contribution is 9.10. The number of nitrogens with zero attached hydrogens (tertiary/aromatic N) is 2. The average Bonchev–Trinajstić information content (AvgIpc) is 3.10. The molecule has 0 fully saturated rings. The summed E-state index contributed by atoms with van der Waals surface area (Å²) in [6.45, 7) is 4.27. The first-order valence-corrected chi connectivity index (χ1v) is 16.6. The molecule has 5 rings (SSSR count). The normalized spacial score (nSPS) is 16.9. The number of hydrogen-bond donors (Lipinski definition) is 0. The lowest BCUT2D eigenvalue weighted by Gasteiger charge is -2.29. The molecule has 4 aromatic carbocycles. The van der Waals surface area contributed by atoms with E-state index >= 15 is 0 Å². The van der Waals surface area contributed by atoms with E-state index in [0.717, 1.165) is 21.4 Å². The van der Waals surface area contributed by atoms with Gasteiger partial charge >= 0.3 is 0 Å². The van der Waals surface area contributed by atoms with Gasteiger partial charge in [0.25, 0.3) is 10.0 Å². The Labute approximate surface area is 243 Å². The van der Waals surface area contributed by atoms with Crippen LogP contribution < -0.4 is 14.7 Å². The van der Waals surface area contributed by atoms with Gasteiger partial charge in [0, 0.05) is 44.5 Å². The van der Waals surface area contributed by atoms with E-state index < -0.39 is 22.7 Å². The lowest BCUT2D eigenvalue weighted by Crippen LogP contribution is -2.24. The third-order valence-electron chi connectivity index (χ3n) is 6.74. The summed E-state index contributed by atoms with van der Waals surface area (Å²) < 4.78 is 40.1. The Balaban J connectivity index is 1.84. The lowest BCUT2D eigenvalue weighted by molar-refractivity contribution is 0.593. The number of fused-ring (bicyclic) bond motifs is 1. The van der Waals surface area contributed by atoms with Gasteiger partial charge in [-0.25, -0.2) is 0 Å². The Morgan fingerprint density at radius 3 is 2.26 bits per heavy atom. The van der Waals surface area contributed by atoms with Crippen LogP contribution in [0.4, 0.5) is 5.69 Å². The first kappa shape index (κ1) is 27.7. The molecular formula is C30H27BrClN2O3PS. The van der Waals surface area contributed by atoms with Crippen LogP contribution >= 0.6 is 34.8 Å². The van der Waals surface area contributed by atoms with Crippen molar-refractivity contribution in [1.82, 2.24) is 0 Å². The van der Waals surface area contributed by atoms with Gasteiger partial charge in [-0.1, -0.05) is 83.8 Å². The number of allylic oxidation sites excluding steroid dienone is 1. The van der Waals surface area contributed by atoms with Crippen LogP contribution in [0, 0.1) is 0 Å². The number of hydrogen-bond acceptors (Lipinski definition) is 4. The summed E-state index contributed by atoms with van der Waals surface area (Å²) in [5.41, 5.74) is 2.69. The van der Waals surface area contributed by atoms with Gasteiger partial charge in [0.1, 0.15) is 5.75 Å². The maximum atomic E-state index is 13.9. The molecule has 0 saturated carbocycles. The summed E-state index contributed by atoms with van der Waals surface area (Å²) in [5, 5.41) is 1.12. The maximum absolute atomic E-state index is 13.9. The van der Waals surface area contributed by atoms with E-state index in [1.165, 1.54) is 12.1 Å². The Kier molecular flexibility index (Phi) is 7.55. The molecule has 0 amide bonds. The fourth-order valence-corrected chi connectivity index (χ4v) is 10.3. The van der Waals surface area contributed by atoms with Crippen LogP contribution in [0.15, 0.2) is 128 Å². The molecule has 1 heterocycles. The second kappa shape index (κ2) is 10.6. The molecule has 0 unspecified atom stereocenters. The molecule has 5 nitrogen and oxygen atoms in total. The molecule has 1 aliphatic heterocycles. The van der Waals surface area contributed by atoms with E-state index in [9.17, 15) is 8.42 Å². The van der Waals surface area contributed by atoms with Crippen molar-refractivity contribution in [3.8, 4) is 5.75 Å². The van der Waals surface area contributed by atoms with Gasteiger partial charge < -0.3 is 9.42 Å². The molecule has 39 heavy (non-hydrogen) atoms. The zero-order valence-electron chi connectivity index (χ0n) is 21.6. The minimum Gasteiger partial charge on any atom is -0.451 e. The Morgan fingerprint density at radius 1 is 0.923 bits per heavy atom. The zero-order valence-corrected chi connectivity index (χ0v) is 25.7. The van der Waals surface area contributed by atoms with E-state index in [1.807, 2.05) is 79.6 Å². The third-order valence-corrected chi connectivity index (χ3v) is 12.3. The number of rotatable bonds is 6. The minimum absolute atomic E-state index is 0.0470. The number of benzene rings is 4. The standard InChI is InChI=1S/C30H27BrClN2O3PS/c1-30(2)27-14-7-8-15-28(27)34(3)29(30)21-38(25-12-5-4-6-13-25,37-24-11-9-10-22(31)20-24)33-39(35,36)26-18-16-23(32)17-19-26/h4-21H,1-3H3/b29-21+/t38-/m0/s1. The Morgan fingerprint density at radius 2 is 1.59 bits per heavy atom. The highest BCUT2D eigenvalue weighted by atomic mass is 79.9. The fraction of sp³-hybridized carbons (Fsp3) is 0.133. The molecule has 1 atom stereocenters. The molecule has 0 N–H and O–H groups in total. The van der Waals surface area contributed by atoms with Gasteiger partial charge in [0.05, 0.1) is 4.90 Å². The Bertz CT molecular complexity index is 1720. The first-order valence-electron chi connectivity index (χ1n) is 12.2. The van der Waals surface area contributed by atoms with Crippen LogP contribution in [0.3, 0.4) is 0 Å². The summed E-state index contributed by atoms with van der Waals surface area (Å²) in [4.78, 5) is 2.15. The molecule has 0 aliphatic carbocycles. The van der Waals surface area contributed by atoms with E-state index in [1.54, 1.807) is 12.1 Å². The molecule has 9 heteroatoms. The highest BCUT2D eigenvalue weighted by Crippen LogP contribution is 2.58. The van der Waals surface area contributed by atoms with Crippen molar-refractivity contribution >= 4 is 55.8 Å². The summed E-state index contributed by atoms with van der Waals surface area (Å²) in [6, 6.07) is 31.0. The monoisotopic (exact) mass is 640 g/mol. The molecular weight excluding hydrogens is 615 g/mol. The summed E-state index contributed by atoms with van der Waals surface area (Å²) >= 11 is 9.57. The van der Waals surface area contributed by atoms with Crippen LogP contribution in [-0.4, -0.2) is 15.5 Å². The van der Waals surface area contributed by atoms with Crippen LogP contribution in [-0.2, 0) is 15.4 Å². The predicted molar refractivity (Wildman–Crippen MR) is 165 cm³/mol. The van der Waals surface area contributed by atoms with Crippen LogP contribution in [0.2, 0.25) is 5.02 Å². The number of halogens is 2. The van der Waals surface area contributed by atoms with Gasteiger partial charge in [0.15, 0.2) is 0 Å². The first-order chi connectivity index (χ1) is 18.5. The lowest BCUT2D eigenvalue weighted by atomic mass is 9.84. The topological polar surface area (TPSA) is 59.0 Å². The molecule has 0 spiro atoms.